The largest absolute Gasteiger partial charge is 0.489 e. The highest BCUT2D eigenvalue weighted by molar-refractivity contribution is 6.10. The molecular weight excluding hydrogens is 520 g/mol. The van der Waals surface area contributed by atoms with Gasteiger partial charge in [-0.25, -0.2) is 4.68 Å². The maximum atomic E-state index is 13.2. The fraction of sp³-hybridized carbons (Fsp3) is 0.179. The molecule has 0 saturated heterocycles. The number of carboxylic acid groups (broad SMARTS) is 2. The summed E-state index contributed by atoms with van der Waals surface area (Å²) >= 11 is 0. The molecule has 0 saturated carbocycles. The zero-order valence-corrected chi connectivity index (χ0v) is 20.9. The van der Waals surface area contributed by atoms with Gasteiger partial charge in [0.1, 0.15) is 23.4 Å². The SMILES string of the molecule is O=C(CC(CCn1nnc2ccccc2c1=O)(C(=O)O)C(=O)O)c1onc2cc(OCc3ccccc3)ccc12. The molecule has 202 valence electrons. The molecule has 3 aromatic carbocycles. The average Bonchev–Trinajstić information content (AvgIpc) is 3.39. The number of Topliss-reactive ketones (excluding diaryl/α,β-unsaturated/α-hetero) is 1. The molecule has 0 aliphatic carbocycles. The number of carbonyl (C=O) groups is 3. The Hall–Kier alpha value is -5.39. The minimum absolute atomic E-state index is 0.241. The molecule has 0 amide bonds. The number of nitrogens with zero attached hydrogens (tertiary/aromatic N) is 4. The van der Waals surface area contributed by atoms with Crippen LogP contribution in [0.2, 0.25) is 0 Å². The predicted octanol–water partition coefficient (Wildman–Crippen LogP) is 3.33. The third-order valence-electron chi connectivity index (χ3n) is 6.61. The van der Waals surface area contributed by atoms with Crippen LogP contribution in [-0.2, 0) is 22.7 Å². The molecule has 5 rings (SSSR count). The first-order chi connectivity index (χ1) is 19.3. The molecule has 12 nitrogen and oxygen atoms in total. The van der Waals surface area contributed by atoms with Gasteiger partial charge in [-0.3, -0.25) is 19.2 Å². The van der Waals surface area contributed by atoms with Crippen molar-refractivity contribution in [3.05, 3.63) is 94.5 Å². The van der Waals surface area contributed by atoms with Crippen LogP contribution in [0.1, 0.15) is 29.0 Å². The quantitative estimate of drug-likeness (QED) is 0.185. The lowest BCUT2D eigenvalue weighted by Crippen LogP contribution is -2.43. The maximum absolute atomic E-state index is 13.2. The molecule has 5 aromatic rings. The molecule has 2 N–H and O–H groups in total. The van der Waals surface area contributed by atoms with Crippen LogP contribution in [0.25, 0.3) is 21.8 Å². The van der Waals surface area contributed by atoms with Gasteiger partial charge >= 0.3 is 11.9 Å². The van der Waals surface area contributed by atoms with E-state index in [9.17, 15) is 29.4 Å². The van der Waals surface area contributed by atoms with E-state index in [2.05, 4.69) is 15.5 Å². The number of benzene rings is 3. The minimum atomic E-state index is -2.57. The number of aryl methyl sites for hydroxylation is 1. The molecule has 0 radical (unpaired) electrons. The smallest absolute Gasteiger partial charge is 0.321 e. The number of fused-ring (bicyclic) bond motifs is 2. The molecule has 0 atom stereocenters. The molecule has 0 aliphatic rings. The second-order valence-corrected chi connectivity index (χ2v) is 9.14. The normalized spacial score (nSPS) is 11.5. The zero-order chi connectivity index (χ0) is 28.3. The molecule has 0 fully saturated rings. The highest BCUT2D eigenvalue weighted by Gasteiger charge is 2.49. The van der Waals surface area contributed by atoms with E-state index >= 15 is 0 Å². The van der Waals surface area contributed by atoms with Crippen molar-refractivity contribution in [1.29, 1.82) is 0 Å². The second kappa shape index (κ2) is 10.8. The lowest BCUT2D eigenvalue weighted by molar-refractivity contribution is -0.165. The van der Waals surface area contributed by atoms with Crippen molar-refractivity contribution in [2.75, 3.05) is 0 Å². The van der Waals surface area contributed by atoms with Crippen molar-refractivity contribution in [2.24, 2.45) is 5.41 Å². The van der Waals surface area contributed by atoms with Gasteiger partial charge < -0.3 is 19.5 Å². The molecular formula is C28H22N4O8. The first-order valence-corrected chi connectivity index (χ1v) is 12.2. The Morgan fingerprint density at radius 3 is 2.38 bits per heavy atom. The maximum Gasteiger partial charge on any atom is 0.321 e. The Kier molecular flexibility index (Phi) is 7.06. The topological polar surface area (TPSA) is 175 Å². The van der Waals surface area contributed by atoms with Crippen LogP contribution in [0.4, 0.5) is 0 Å². The summed E-state index contributed by atoms with van der Waals surface area (Å²) in [5.74, 6) is -4.16. The number of carbonyl (C=O) groups excluding carboxylic acids is 1. The van der Waals surface area contributed by atoms with Crippen molar-refractivity contribution >= 4 is 39.5 Å². The molecule has 12 heteroatoms. The first kappa shape index (κ1) is 26.2. The Balaban J connectivity index is 1.37. The summed E-state index contributed by atoms with van der Waals surface area (Å²) in [7, 11) is 0. The minimum Gasteiger partial charge on any atom is -0.489 e. The standard InChI is InChI=1S/C28H22N4O8/c33-23(24-19-11-10-18(14-22(19)30-40-24)39-16-17-6-2-1-3-7-17)15-28(26(35)36,27(37)38)12-13-32-25(34)20-8-4-5-9-21(20)29-31-32/h1-11,14H,12-13,15-16H2,(H,35,36)(H,37,38). The van der Waals surface area contributed by atoms with Gasteiger partial charge in [-0.1, -0.05) is 52.8 Å². The van der Waals surface area contributed by atoms with E-state index in [1.165, 1.54) is 12.1 Å². The Bertz CT molecular complexity index is 1780. The van der Waals surface area contributed by atoms with Crippen LogP contribution >= 0.6 is 0 Å². The number of ketones is 1. The summed E-state index contributed by atoms with van der Waals surface area (Å²) in [5.41, 5.74) is -1.56. The fourth-order valence-electron chi connectivity index (χ4n) is 4.32. The van der Waals surface area contributed by atoms with Crippen molar-refractivity contribution in [2.45, 2.75) is 26.0 Å². The Morgan fingerprint density at radius 1 is 0.900 bits per heavy atom. The zero-order valence-electron chi connectivity index (χ0n) is 20.9. The number of ether oxygens (including phenoxy) is 1. The number of rotatable bonds is 11. The fourth-order valence-corrected chi connectivity index (χ4v) is 4.32. The van der Waals surface area contributed by atoms with Crippen LogP contribution < -0.4 is 10.3 Å². The number of aromatic nitrogens is 4. The van der Waals surface area contributed by atoms with Gasteiger partial charge in [0.2, 0.25) is 11.5 Å². The van der Waals surface area contributed by atoms with Crippen LogP contribution in [0.5, 0.6) is 5.75 Å². The van der Waals surface area contributed by atoms with E-state index in [0.29, 0.717) is 17.9 Å². The van der Waals surface area contributed by atoms with Gasteiger partial charge in [0.05, 0.1) is 10.8 Å². The van der Waals surface area contributed by atoms with Crippen LogP contribution in [0, 0.1) is 5.41 Å². The van der Waals surface area contributed by atoms with Gasteiger partial charge in [0.25, 0.3) is 5.56 Å². The molecule has 0 unspecified atom stereocenters. The lowest BCUT2D eigenvalue weighted by atomic mass is 9.79. The summed E-state index contributed by atoms with van der Waals surface area (Å²) in [6, 6.07) is 20.6. The van der Waals surface area contributed by atoms with E-state index in [-0.39, 0.29) is 22.0 Å². The highest BCUT2D eigenvalue weighted by Crippen LogP contribution is 2.33. The molecule has 2 heterocycles. The summed E-state index contributed by atoms with van der Waals surface area (Å²) in [6.07, 6.45) is -1.55. The number of hydrogen-bond donors (Lipinski definition) is 2. The number of carboxylic acids is 2. The van der Waals surface area contributed by atoms with Crippen LogP contribution in [-0.4, -0.2) is 48.1 Å². The van der Waals surface area contributed by atoms with E-state index < -0.39 is 48.1 Å². The predicted molar refractivity (Wildman–Crippen MR) is 140 cm³/mol. The van der Waals surface area contributed by atoms with Crippen molar-refractivity contribution in [3.63, 3.8) is 0 Å². The van der Waals surface area contributed by atoms with E-state index in [1.807, 2.05) is 30.3 Å². The lowest BCUT2D eigenvalue weighted by Gasteiger charge is -2.23. The monoisotopic (exact) mass is 542 g/mol. The second-order valence-electron chi connectivity index (χ2n) is 9.14. The van der Waals surface area contributed by atoms with Gasteiger partial charge in [-0.2, -0.15) is 0 Å². The third-order valence-corrected chi connectivity index (χ3v) is 6.61. The molecule has 2 aromatic heterocycles. The van der Waals surface area contributed by atoms with E-state index in [1.54, 1.807) is 30.3 Å². The Morgan fingerprint density at radius 2 is 1.62 bits per heavy atom. The van der Waals surface area contributed by atoms with Crippen molar-refractivity contribution < 1.29 is 33.9 Å². The van der Waals surface area contributed by atoms with Gasteiger partial charge in [0.15, 0.2) is 5.41 Å². The number of hydrogen-bond acceptors (Lipinski definition) is 9. The van der Waals surface area contributed by atoms with Crippen LogP contribution in [0.15, 0.2) is 82.1 Å². The highest BCUT2D eigenvalue weighted by atomic mass is 16.5. The molecule has 0 spiro atoms. The average molecular weight is 543 g/mol. The molecule has 0 aliphatic heterocycles. The van der Waals surface area contributed by atoms with Crippen LogP contribution in [0.3, 0.4) is 0 Å². The van der Waals surface area contributed by atoms with Gasteiger partial charge in [0, 0.05) is 19.0 Å². The Labute approximate surface area is 225 Å². The summed E-state index contributed by atoms with van der Waals surface area (Å²) < 4.78 is 11.9. The molecule has 40 heavy (non-hydrogen) atoms. The summed E-state index contributed by atoms with van der Waals surface area (Å²) in [5, 5.41) is 32.0. The summed E-state index contributed by atoms with van der Waals surface area (Å²) in [4.78, 5) is 50.5. The number of aliphatic carboxylic acids is 2. The van der Waals surface area contributed by atoms with Gasteiger partial charge in [-0.05, 0) is 36.2 Å². The van der Waals surface area contributed by atoms with Crippen molar-refractivity contribution in [3.8, 4) is 5.75 Å². The van der Waals surface area contributed by atoms with Gasteiger partial charge in [-0.15, -0.1) is 5.10 Å². The van der Waals surface area contributed by atoms with Crippen molar-refractivity contribution in [1.82, 2.24) is 20.2 Å². The third kappa shape index (κ3) is 5.01. The molecule has 0 bridgehead atoms. The van der Waals surface area contributed by atoms with E-state index in [4.69, 9.17) is 9.26 Å². The van der Waals surface area contributed by atoms with E-state index in [0.717, 1.165) is 10.2 Å². The first-order valence-electron chi connectivity index (χ1n) is 12.2. The summed E-state index contributed by atoms with van der Waals surface area (Å²) in [6.45, 7) is -0.0950.